The Kier molecular flexibility index (Phi) is 35.0. The van der Waals surface area contributed by atoms with Gasteiger partial charge in [-0.3, -0.25) is 24.9 Å². The van der Waals surface area contributed by atoms with Crippen LogP contribution in [0.3, 0.4) is 0 Å². The van der Waals surface area contributed by atoms with Gasteiger partial charge in [0.25, 0.3) is 0 Å². The van der Waals surface area contributed by atoms with E-state index in [0.29, 0.717) is 125 Å². The zero-order chi connectivity index (χ0) is 56.4. The Morgan fingerprint density at radius 2 is 1.33 bits per heavy atom. The molecule has 0 saturated heterocycles. The van der Waals surface area contributed by atoms with Crippen LogP contribution in [-0.2, 0) is 79.8 Å². The number of rotatable bonds is 29. The van der Waals surface area contributed by atoms with Crippen molar-refractivity contribution in [1.82, 2.24) is 0 Å². The molecular formula is C50H49N2Na5O20S6. The molecule has 0 unspecified atom stereocenters. The fraction of sp³-hybridized carbons (Fsp3) is 0.320. The maximum absolute atomic E-state index is 12.8. The Morgan fingerprint density at radius 3 is 1.96 bits per heavy atom. The third-order valence-corrected chi connectivity index (χ3v) is 17.3. The second-order valence-electron chi connectivity index (χ2n) is 18.7. The average molecular weight is 1310 g/mol. The third-order valence-electron chi connectivity index (χ3n) is 13.2. The predicted octanol–water partition coefficient (Wildman–Crippen LogP) is -8.70. The van der Waals surface area contributed by atoms with Crippen LogP contribution in [0.4, 0.5) is 11.4 Å². The van der Waals surface area contributed by atoms with Gasteiger partial charge in [0.05, 0.1) is 39.3 Å². The molecule has 0 radical (unpaired) electrons. The second kappa shape index (κ2) is 36.5. The van der Waals surface area contributed by atoms with E-state index >= 15 is 0 Å². The molecule has 0 saturated carbocycles. The number of allylic oxidation sites excluding steroid dienone is 6. The van der Waals surface area contributed by atoms with Crippen molar-refractivity contribution in [1.29, 1.82) is 0 Å². The van der Waals surface area contributed by atoms with Gasteiger partial charge in [-0.15, -0.1) is 0 Å². The van der Waals surface area contributed by atoms with Gasteiger partial charge in [-0.2, -0.15) is 21.9 Å². The number of carboxylic acids is 1. The first-order valence-electron chi connectivity index (χ1n) is 23.6. The number of aryl methyl sites for hydroxylation is 1. The molecule has 0 spiro atoms. The van der Waals surface area contributed by atoms with Crippen molar-refractivity contribution in [2.45, 2.75) is 96.6 Å². The van der Waals surface area contributed by atoms with Gasteiger partial charge in [-0.05, 0) is 132 Å². The summed E-state index contributed by atoms with van der Waals surface area (Å²) < 4.78 is 96.4. The van der Waals surface area contributed by atoms with Gasteiger partial charge in [-0.1, -0.05) is 50.3 Å². The molecule has 7 rings (SSSR count). The van der Waals surface area contributed by atoms with Crippen LogP contribution in [0.1, 0.15) is 82.1 Å². The minimum absolute atomic E-state index is 0. The van der Waals surface area contributed by atoms with Crippen LogP contribution < -0.4 is 174 Å². The van der Waals surface area contributed by atoms with Crippen LogP contribution in [0.25, 0.3) is 27.1 Å². The third kappa shape index (κ3) is 20.0. The molecule has 0 amide bonds. The van der Waals surface area contributed by atoms with Crippen LogP contribution in [0.15, 0.2) is 122 Å². The first kappa shape index (κ1) is 79.6. The Labute approximate surface area is 608 Å². The summed E-state index contributed by atoms with van der Waals surface area (Å²) in [6.45, 7) is 8.40. The smallest absolute Gasteiger partial charge is 0.744 e. The molecule has 0 aromatic heterocycles. The number of anilines is 1. The van der Waals surface area contributed by atoms with Gasteiger partial charge in [0.1, 0.15) is 26.8 Å². The number of benzene rings is 5. The van der Waals surface area contributed by atoms with E-state index in [1.165, 1.54) is 12.1 Å². The van der Waals surface area contributed by atoms with Crippen molar-refractivity contribution in [3.63, 3.8) is 0 Å². The summed E-state index contributed by atoms with van der Waals surface area (Å²) in [7, 11) is -10.1. The fourth-order valence-corrected chi connectivity index (χ4v) is 13.2. The molecule has 5 aromatic rings. The van der Waals surface area contributed by atoms with E-state index < -0.39 is 46.8 Å². The molecule has 0 atom stereocenters. The maximum atomic E-state index is 12.8. The molecule has 2 aliphatic heterocycles. The molecule has 2 aliphatic rings. The molecule has 2 heterocycles. The number of unbranched alkanes of at least 4 members (excludes halogenated alkanes) is 1. The topological polar surface area (TPSA) is 324 Å². The van der Waals surface area contributed by atoms with Crippen molar-refractivity contribution < 1.29 is 247 Å². The van der Waals surface area contributed by atoms with Gasteiger partial charge < -0.3 is 40.1 Å². The minimum atomic E-state index is -5.08. The molecule has 83 heavy (non-hydrogen) atoms. The maximum Gasteiger partial charge on any atom is 1.00 e. The summed E-state index contributed by atoms with van der Waals surface area (Å²) in [6, 6.07) is 19.6. The zero-order valence-corrected chi connectivity index (χ0v) is 61.8. The molecule has 0 bridgehead atoms. The summed E-state index contributed by atoms with van der Waals surface area (Å²) in [5, 5.41) is 68.0. The van der Waals surface area contributed by atoms with E-state index in [4.69, 9.17) is 0 Å². The Morgan fingerprint density at radius 1 is 0.687 bits per heavy atom. The molecule has 0 aliphatic carbocycles. The molecular weight excluding hydrogens is 1260 g/mol. The van der Waals surface area contributed by atoms with Crippen molar-refractivity contribution in [3.8, 4) is 0 Å². The summed E-state index contributed by atoms with van der Waals surface area (Å²) >= 11 is 2.49. The second-order valence-corrected chi connectivity index (χ2v) is 24.5. The number of carboxylic acid groups (broad SMARTS) is 1. The average Bonchev–Trinajstić information content (AvgIpc) is 3.82. The molecule has 1 N–H and O–H groups in total. The van der Waals surface area contributed by atoms with Gasteiger partial charge >= 0.3 is 154 Å². The van der Waals surface area contributed by atoms with Crippen molar-refractivity contribution in [2.75, 3.05) is 29.5 Å². The number of aliphatic carboxylic acids is 1. The van der Waals surface area contributed by atoms with Gasteiger partial charge in [0.15, 0.2) is 5.71 Å². The monoisotopic (exact) mass is 1300 g/mol. The van der Waals surface area contributed by atoms with Crippen LogP contribution >= 0.6 is 48.2 Å². The molecule has 420 valence electrons. The Hall–Kier alpha value is 0.520. The number of hydrogen-bond donors (Lipinski definition) is 1. The summed E-state index contributed by atoms with van der Waals surface area (Å²) in [6.07, 6.45) is 10.2. The summed E-state index contributed by atoms with van der Waals surface area (Å²) in [5.74, 6) is -0.255. The number of hydrogen-bond acceptors (Lipinski definition) is 24. The zero-order valence-electron chi connectivity index (χ0n) is 46.9. The number of carbonyl (C=O) groups is 1. The van der Waals surface area contributed by atoms with Crippen molar-refractivity contribution in [3.05, 3.63) is 125 Å². The van der Waals surface area contributed by atoms with Gasteiger partial charge in [0.2, 0.25) is 5.69 Å². The van der Waals surface area contributed by atoms with E-state index in [-0.39, 0.29) is 169 Å². The number of fused-ring (bicyclic) bond motifs is 6. The summed E-state index contributed by atoms with van der Waals surface area (Å²) in [4.78, 5) is 12.5. The van der Waals surface area contributed by atoms with Crippen LogP contribution in [0.5, 0.6) is 0 Å². The van der Waals surface area contributed by atoms with E-state index in [1.54, 1.807) is 18.2 Å². The number of nitrogens with zero attached hydrogens (tertiary/aromatic N) is 2. The largest absolute Gasteiger partial charge is 1.00 e. The van der Waals surface area contributed by atoms with E-state index in [0.717, 1.165) is 58.8 Å². The SMILES string of the molecule is CC1(C)C(/C=C/C(=C/C=C2/N(CCCSOO[O-])c3ccc4c(S(=O)(=O)[O-])cc(SOO[O-])cc4c3C2(C)C)c2cccc(CCCCC(=O)O)c2)=[N+](CCCSOO[O-])c2ccc3c(SOO[O-])cc(S(=O)(=O)[O-])cc3c21.[Na+].[Na+].[Na+].[Na+].[Na+]. The van der Waals surface area contributed by atoms with Crippen LogP contribution in [0.2, 0.25) is 0 Å². The molecule has 5 aromatic carbocycles. The van der Waals surface area contributed by atoms with Gasteiger partial charge in [0, 0.05) is 99.3 Å². The van der Waals surface area contributed by atoms with Crippen molar-refractivity contribution in [2.24, 2.45) is 0 Å². The molecule has 0 fully saturated rings. The molecule has 22 nitrogen and oxygen atoms in total. The van der Waals surface area contributed by atoms with Gasteiger partial charge in [-0.25, -0.2) is 16.8 Å². The summed E-state index contributed by atoms with van der Waals surface area (Å²) in [5.41, 5.74) is 4.49. The quantitative estimate of drug-likeness (QED) is 0.00679. The minimum Gasteiger partial charge on any atom is -0.744 e. The first-order valence-corrected chi connectivity index (χ1v) is 29.7. The normalized spacial score (nSPS) is 14.9. The van der Waals surface area contributed by atoms with E-state index in [2.05, 4.69) is 37.5 Å². The standard InChI is InChI=1S/C50H54N2O20S6.5Na/c1-49(2)44(52(23-9-25-74-70-66-56)41-19-17-37-38(47(41)49)27-34(75-71-67-57)28-43(37)78(62,63)64)20-14-32(33-12-7-11-31(26-33)10-5-6-13-46(53)54)15-21-45-50(3,4)48-39-29-35(77(59,60)61)30-42(76-72-68-58)36(39)16-18-40(48)51(45)22-8-24-73-69-65-55;;;;;/h7,11-12,14-21,26-30H,5-6,8-10,13,22-25H2,1-4H3,(H6-,53,54,55,56,57,58,59,60,61,62,63,64);;;;;/q;5*+1/p-5. The Balaban J connectivity index is 0.00000470. The van der Waals surface area contributed by atoms with Crippen LogP contribution in [0, 0.1) is 0 Å². The van der Waals surface area contributed by atoms with Crippen LogP contribution in [-0.4, -0.2) is 71.9 Å². The van der Waals surface area contributed by atoms with E-state index in [1.807, 2.05) is 91.8 Å². The van der Waals surface area contributed by atoms with Crippen molar-refractivity contribution >= 4 is 119 Å². The predicted molar refractivity (Wildman–Crippen MR) is 278 cm³/mol. The van der Waals surface area contributed by atoms with E-state index in [9.17, 15) is 56.9 Å². The molecule has 33 heteroatoms. The Bertz CT molecular complexity index is 3410. The fourth-order valence-electron chi connectivity index (χ4n) is 10.1. The first-order chi connectivity index (χ1) is 37.2.